The summed E-state index contributed by atoms with van der Waals surface area (Å²) >= 11 is 0.894. The first-order valence-corrected chi connectivity index (χ1v) is 6.23. The molecule has 0 saturated carbocycles. The second-order valence-electron chi connectivity index (χ2n) is 3.33. The molecule has 0 aromatic carbocycles. The van der Waals surface area contributed by atoms with Crippen molar-refractivity contribution >= 4 is 29.6 Å². The first-order valence-electron chi connectivity index (χ1n) is 5.25. The number of carbonyl (C=O) groups is 2. The van der Waals surface area contributed by atoms with E-state index in [9.17, 15) is 14.4 Å². The van der Waals surface area contributed by atoms with Crippen LogP contribution in [0.15, 0.2) is 28.1 Å². The minimum absolute atomic E-state index is 0.0957. The van der Waals surface area contributed by atoms with Gasteiger partial charge in [0.2, 0.25) is 5.91 Å². The van der Waals surface area contributed by atoms with Crippen molar-refractivity contribution in [2.45, 2.75) is 6.92 Å². The maximum Gasteiger partial charge on any atom is 0.339 e. The number of primary amides is 1. The quantitative estimate of drug-likeness (QED) is 0.575. The second kappa shape index (κ2) is 6.67. The van der Waals surface area contributed by atoms with E-state index < -0.39 is 11.9 Å². The molecule has 1 rings (SSSR count). The Morgan fingerprint density at radius 1 is 1.58 bits per heavy atom. The van der Waals surface area contributed by atoms with Gasteiger partial charge in [0, 0.05) is 6.20 Å². The Labute approximate surface area is 113 Å². The number of ether oxygens (including phenoxy) is 1. The van der Waals surface area contributed by atoms with Crippen LogP contribution in [0.25, 0.3) is 0 Å². The lowest BCUT2D eigenvalue weighted by molar-refractivity contribution is -0.132. The fourth-order valence-corrected chi connectivity index (χ4v) is 2.11. The van der Waals surface area contributed by atoms with E-state index in [1.165, 1.54) is 6.20 Å². The number of amides is 1. The molecule has 0 spiro atoms. The summed E-state index contributed by atoms with van der Waals surface area (Å²) in [4.78, 5) is 32.9. The van der Waals surface area contributed by atoms with Gasteiger partial charge in [0.15, 0.2) is 5.76 Å². The molecule has 1 heterocycles. The summed E-state index contributed by atoms with van der Waals surface area (Å²) in [6.07, 6.45) is 1.35. The number of rotatable bonds is 6. The summed E-state index contributed by atoms with van der Waals surface area (Å²) in [5, 5.41) is 12.0. The second-order valence-corrected chi connectivity index (χ2v) is 4.31. The summed E-state index contributed by atoms with van der Waals surface area (Å²) in [7, 11) is 0. The van der Waals surface area contributed by atoms with E-state index in [1.54, 1.807) is 12.9 Å². The topological polar surface area (TPSA) is 119 Å². The Kier molecular flexibility index (Phi) is 5.23. The van der Waals surface area contributed by atoms with Gasteiger partial charge in [0.05, 0.1) is 17.4 Å². The number of carbonyl (C=O) groups excluding carboxylic acids is 2. The Bertz CT molecular complexity index is 517. The van der Waals surface area contributed by atoms with E-state index in [1.807, 2.05) is 0 Å². The molecule has 1 amide bonds. The Hall–Kier alpha value is -2.18. The number of hydrogen-bond donors (Lipinski definition) is 3. The summed E-state index contributed by atoms with van der Waals surface area (Å²) in [5.41, 5.74) is 4.51. The molecule has 0 aromatic heterocycles. The summed E-state index contributed by atoms with van der Waals surface area (Å²) < 4.78 is 5.14. The van der Waals surface area contributed by atoms with Gasteiger partial charge in [-0.1, -0.05) is 11.8 Å². The van der Waals surface area contributed by atoms with Crippen LogP contribution < -0.4 is 11.1 Å². The summed E-state index contributed by atoms with van der Waals surface area (Å²) in [5.74, 6) is -0.373. The van der Waals surface area contributed by atoms with Crippen molar-refractivity contribution in [2.75, 3.05) is 12.4 Å². The first-order chi connectivity index (χ1) is 9.01. The van der Waals surface area contributed by atoms with Gasteiger partial charge in [0.1, 0.15) is 17.1 Å². The molecule has 0 bridgehead atoms. The van der Waals surface area contributed by atoms with E-state index >= 15 is 0 Å². The molecule has 0 atom stereocenters. The number of nitrogens with two attached hydrogens (primary N) is 1. The zero-order valence-corrected chi connectivity index (χ0v) is 10.9. The van der Waals surface area contributed by atoms with Gasteiger partial charge in [-0.2, -0.15) is 0 Å². The Balaban J connectivity index is 3.12. The van der Waals surface area contributed by atoms with Crippen molar-refractivity contribution in [3.8, 4) is 0 Å². The van der Waals surface area contributed by atoms with Crippen molar-refractivity contribution in [1.29, 1.82) is 0 Å². The minimum Gasteiger partial charge on any atom is -0.491 e. The maximum atomic E-state index is 11.2. The molecule has 1 aliphatic heterocycles. The largest absolute Gasteiger partial charge is 0.491 e. The molecule has 0 fully saturated rings. The highest BCUT2D eigenvalue weighted by atomic mass is 32.2. The van der Waals surface area contributed by atoms with Gasteiger partial charge in [-0.05, 0) is 6.92 Å². The van der Waals surface area contributed by atoms with Crippen molar-refractivity contribution in [1.82, 2.24) is 5.32 Å². The van der Waals surface area contributed by atoms with E-state index in [0.29, 0.717) is 0 Å². The number of thioether (sulfide) groups is 1. The number of nitrogens with one attached hydrogen (secondary N) is 1. The van der Waals surface area contributed by atoms with Crippen LogP contribution >= 0.6 is 11.8 Å². The fourth-order valence-electron chi connectivity index (χ4n) is 1.34. The first kappa shape index (κ1) is 14.9. The summed E-state index contributed by atoms with van der Waals surface area (Å²) in [6, 6.07) is 0. The highest BCUT2D eigenvalue weighted by Crippen LogP contribution is 2.29. The average Bonchev–Trinajstić information content (AvgIpc) is 2.36. The van der Waals surface area contributed by atoms with Crippen molar-refractivity contribution in [3.63, 3.8) is 0 Å². The molecule has 0 aliphatic carbocycles. The molecule has 4 N–H and O–H groups in total. The number of carboxylic acids is 1. The van der Waals surface area contributed by atoms with Gasteiger partial charge in [-0.3, -0.25) is 4.79 Å². The van der Waals surface area contributed by atoms with Gasteiger partial charge in [0.25, 0.3) is 0 Å². The van der Waals surface area contributed by atoms with Crippen LogP contribution in [0.3, 0.4) is 0 Å². The lowest BCUT2D eigenvalue weighted by Crippen LogP contribution is -2.23. The predicted octanol–water partition coefficient (Wildman–Crippen LogP) is -0.260. The monoisotopic (exact) mass is 284 g/mol. The zero-order chi connectivity index (χ0) is 14.4. The standard InChI is InChI=1S/C11H12N2O5S/c1-2-18-7-3-13-10(19-5-8(12)15)9(11(16)17)6(7)4-14/h3,13H,2,5H2,1H3,(H2,12,15)(H,16,17). The Morgan fingerprint density at radius 2 is 2.26 bits per heavy atom. The third-order valence-corrected chi connectivity index (χ3v) is 3.07. The van der Waals surface area contributed by atoms with Crippen LogP contribution in [-0.4, -0.2) is 35.3 Å². The van der Waals surface area contributed by atoms with Crippen LogP contribution in [0.5, 0.6) is 0 Å². The molecule has 102 valence electrons. The highest BCUT2D eigenvalue weighted by molar-refractivity contribution is 8.03. The molecule has 0 radical (unpaired) electrons. The van der Waals surface area contributed by atoms with Crippen LogP contribution in [0.1, 0.15) is 6.92 Å². The van der Waals surface area contributed by atoms with Crippen LogP contribution in [0, 0.1) is 0 Å². The molecule has 8 heteroatoms. The molecule has 7 nitrogen and oxygen atoms in total. The van der Waals surface area contributed by atoms with E-state index in [4.69, 9.17) is 15.6 Å². The highest BCUT2D eigenvalue weighted by Gasteiger charge is 2.28. The maximum absolute atomic E-state index is 11.2. The number of carboxylic acid groups (broad SMARTS) is 1. The smallest absolute Gasteiger partial charge is 0.339 e. The van der Waals surface area contributed by atoms with Crippen molar-refractivity contribution < 1.29 is 24.2 Å². The number of allylic oxidation sites excluding steroid dienone is 1. The zero-order valence-electron chi connectivity index (χ0n) is 10.1. The molecule has 0 unspecified atom stereocenters. The third kappa shape index (κ3) is 3.64. The van der Waals surface area contributed by atoms with Gasteiger partial charge in [-0.15, -0.1) is 0 Å². The van der Waals surface area contributed by atoms with E-state index in [2.05, 4.69) is 5.32 Å². The Morgan fingerprint density at radius 3 is 2.74 bits per heavy atom. The third-order valence-electron chi connectivity index (χ3n) is 2.03. The van der Waals surface area contributed by atoms with Crippen LogP contribution in [0.2, 0.25) is 0 Å². The van der Waals surface area contributed by atoms with Crippen molar-refractivity contribution in [2.24, 2.45) is 5.73 Å². The molecular formula is C11H12N2O5S. The van der Waals surface area contributed by atoms with Crippen LogP contribution in [0.4, 0.5) is 0 Å². The molecular weight excluding hydrogens is 272 g/mol. The normalized spacial score (nSPS) is 14.4. The molecule has 1 aliphatic rings. The molecule has 19 heavy (non-hydrogen) atoms. The predicted molar refractivity (Wildman–Crippen MR) is 68.4 cm³/mol. The van der Waals surface area contributed by atoms with Gasteiger partial charge < -0.3 is 20.9 Å². The molecule has 0 saturated heterocycles. The number of aliphatic carboxylic acids is 1. The minimum atomic E-state index is -1.32. The van der Waals surface area contributed by atoms with Gasteiger partial charge >= 0.3 is 5.97 Å². The molecule has 0 aromatic rings. The lowest BCUT2D eigenvalue weighted by atomic mass is 10.1. The van der Waals surface area contributed by atoms with E-state index in [0.717, 1.165) is 11.8 Å². The SMILES string of the molecule is CCOC1=CNC(SCC(N)=O)=C(C(=O)O)C1=C=O. The average molecular weight is 284 g/mol. The number of hydrogen-bond acceptors (Lipinski definition) is 6. The fraction of sp³-hybridized carbons (Fsp3) is 0.273. The van der Waals surface area contributed by atoms with Crippen molar-refractivity contribution in [3.05, 3.63) is 28.1 Å². The van der Waals surface area contributed by atoms with E-state index in [-0.39, 0.29) is 34.3 Å². The van der Waals surface area contributed by atoms with Gasteiger partial charge in [-0.25, -0.2) is 9.59 Å². The lowest BCUT2D eigenvalue weighted by Gasteiger charge is -2.19. The van der Waals surface area contributed by atoms with Crippen LogP contribution in [-0.2, 0) is 19.1 Å². The summed E-state index contributed by atoms with van der Waals surface area (Å²) in [6.45, 7) is 1.97. The number of dihydropyridines is 1.